The van der Waals surface area contributed by atoms with Crippen molar-refractivity contribution < 1.29 is 27.4 Å². The molecule has 1 amide bonds. The summed E-state index contributed by atoms with van der Waals surface area (Å²) in [5, 5.41) is 6.57. The third-order valence-electron chi connectivity index (χ3n) is 8.08. The number of carbonyl (C=O) groups excluding carboxylic acids is 1. The van der Waals surface area contributed by atoms with E-state index in [1.54, 1.807) is 12.1 Å². The van der Waals surface area contributed by atoms with E-state index < -0.39 is 17.5 Å². The molecule has 5 rings (SSSR count). The van der Waals surface area contributed by atoms with Gasteiger partial charge in [-0.15, -0.1) is 24.8 Å². The van der Waals surface area contributed by atoms with Gasteiger partial charge in [-0.25, -0.2) is 13.2 Å². The Hall–Kier alpha value is -2.82. The van der Waals surface area contributed by atoms with Gasteiger partial charge in [0, 0.05) is 49.3 Å². The van der Waals surface area contributed by atoms with E-state index in [1.807, 2.05) is 18.2 Å². The van der Waals surface area contributed by atoms with Crippen LogP contribution < -0.4 is 15.4 Å². The van der Waals surface area contributed by atoms with Crippen LogP contribution in [0.1, 0.15) is 36.0 Å². The highest BCUT2D eigenvalue weighted by Crippen LogP contribution is 2.40. The van der Waals surface area contributed by atoms with Gasteiger partial charge in [0.15, 0.2) is 23.2 Å². The summed E-state index contributed by atoms with van der Waals surface area (Å²) in [5.74, 6) is -3.44. The molecule has 43 heavy (non-hydrogen) atoms. The number of morpholine rings is 1. The second-order valence-corrected chi connectivity index (χ2v) is 10.9. The predicted molar refractivity (Wildman–Crippen MR) is 166 cm³/mol. The van der Waals surface area contributed by atoms with Crippen LogP contribution in [0.4, 0.5) is 18.9 Å². The standard InChI is InChI=1S/C32H36F3N3O3.2ClH/c1-22-2-5-24(37-31(39)8-13-38-14-16-40-17-15-38)18-26(22)32(9-11-36-12-10-32)21-23-3-6-25(7-4-23)41-30-20-28(34)27(33)19-29(30)35;;/h2-7,18-20,36H,8-17,21H2,1H3,(H,37,39);2*1H. The molecule has 0 bridgehead atoms. The first kappa shape index (κ1) is 34.7. The molecule has 0 unspecified atom stereocenters. The smallest absolute Gasteiger partial charge is 0.225 e. The third-order valence-corrected chi connectivity index (χ3v) is 8.08. The number of aryl methyl sites for hydroxylation is 1. The van der Waals surface area contributed by atoms with E-state index in [2.05, 4.69) is 34.6 Å². The minimum absolute atomic E-state index is 0. The van der Waals surface area contributed by atoms with E-state index in [4.69, 9.17) is 9.47 Å². The maximum atomic E-state index is 14.0. The molecule has 0 aromatic heterocycles. The molecule has 2 N–H and O–H groups in total. The summed E-state index contributed by atoms with van der Waals surface area (Å²) in [5.41, 5.74) is 4.12. The molecule has 0 radical (unpaired) electrons. The quantitative estimate of drug-likeness (QED) is 0.259. The Morgan fingerprint density at radius 2 is 1.63 bits per heavy atom. The van der Waals surface area contributed by atoms with Gasteiger partial charge < -0.3 is 20.1 Å². The van der Waals surface area contributed by atoms with Crippen LogP contribution in [0.15, 0.2) is 54.6 Å². The molecule has 234 valence electrons. The van der Waals surface area contributed by atoms with Crippen molar-refractivity contribution in [1.82, 2.24) is 10.2 Å². The molecule has 0 saturated carbocycles. The Bertz CT molecular complexity index is 1370. The molecule has 0 aliphatic carbocycles. The first-order valence-electron chi connectivity index (χ1n) is 14.1. The monoisotopic (exact) mass is 639 g/mol. The summed E-state index contributed by atoms with van der Waals surface area (Å²) >= 11 is 0. The average molecular weight is 641 g/mol. The van der Waals surface area contributed by atoms with Crippen molar-refractivity contribution in [2.24, 2.45) is 0 Å². The number of piperidine rings is 1. The first-order chi connectivity index (χ1) is 19.8. The van der Waals surface area contributed by atoms with Crippen LogP contribution in [0.2, 0.25) is 0 Å². The molecule has 3 aromatic carbocycles. The number of rotatable bonds is 9. The van der Waals surface area contributed by atoms with Crippen LogP contribution in [-0.4, -0.2) is 56.7 Å². The molecule has 2 saturated heterocycles. The highest BCUT2D eigenvalue weighted by molar-refractivity contribution is 5.91. The first-order valence-corrected chi connectivity index (χ1v) is 14.1. The molecule has 2 heterocycles. The van der Waals surface area contributed by atoms with Gasteiger partial charge in [0.2, 0.25) is 5.91 Å². The van der Waals surface area contributed by atoms with Crippen molar-refractivity contribution in [3.05, 3.63) is 88.7 Å². The Kier molecular flexibility index (Phi) is 12.7. The number of halogens is 5. The fourth-order valence-electron chi connectivity index (χ4n) is 5.80. The largest absolute Gasteiger partial charge is 0.454 e. The van der Waals surface area contributed by atoms with E-state index >= 15 is 0 Å². The number of ether oxygens (including phenoxy) is 2. The van der Waals surface area contributed by atoms with Crippen molar-refractivity contribution in [3.8, 4) is 11.5 Å². The Balaban J connectivity index is 0.00000253. The van der Waals surface area contributed by atoms with Gasteiger partial charge in [-0.3, -0.25) is 9.69 Å². The molecule has 2 fully saturated rings. The normalized spacial score (nSPS) is 16.5. The second-order valence-electron chi connectivity index (χ2n) is 10.9. The summed E-state index contributed by atoms with van der Waals surface area (Å²) in [6, 6.07) is 14.6. The van der Waals surface area contributed by atoms with Crippen LogP contribution in [0.3, 0.4) is 0 Å². The zero-order valence-corrected chi connectivity index (χ0v) is 25.7. The van der Waals surface area contributed by atoms with Gasteiger partial charge in [0.05, 0.1) is 13.2 Å². The summed E-state index contributed by atoms with van der Waals surface area (Å²) < 4.78 is 51.8. The lowest BCUT2D eigenvalue weighted by molar-refractivity contribution is -0.116. The molecular formula is C32H38Cl2F3N3O3. The van der Waals surface area contributed by atoms with E-state index in [9.17, 15) is 18.0 Å². The lowest BCUT2D eigenvalue weighted by Gasteiger charge is -2.40. The van der Waals surface area contributed by atoms with Crippen LogP contribution in [-0.2, 0) is 21.4 Å². The number of hydrogen-bond donors (Lipinski definition) is 2. The van der Waals surface area contributed by atoms with Crippen LogP contribution in [0.25, 0.3) is 0 Å². The van der Waals surface area contributed by atoms with Crippen molar-refractivity contribution in [2.45, 2.75) is 38.0 Å². The predicted octanol–water partition coefficient (Wildman–Crippen LogP) is 6.57. The van der Waals surface area contributed by atoms with Crippen molar-refractivity contribution in [2.75, 3.05) is 51.3 Å². The number of nitrogens with one attached hydrogen (secondary N) is 2. The second kappa shape index (κ2) is 15.8. The van der Waals surface area contributed by atoms with Gasteiger partial charge >= 0.3 is 0 Å². The summed E-state index contributed by atoms with van der Waals surface area (Å²) in [6.07, 6.45) is 3.06. The minimum Gasteiger partial charge on any atom is -0.454 e. The molecule has 0 atom stereocenters. The average Bonchev–Trinajstić information content (AvgIpc) is 2.98. The molecule has 11 heteroatoms. The van der Waals surface area contributed by atoms with E-state index in [-0.39, 0.29) is 41.9 Å². The SMILES string of the molecule is Cc1ccc(NC(=O)CCN2CCOCC2)cc1C1(Cc2ccc(Oc3cc(F)c(F)cc3F)cc2)CCNCC1.Cl.Cl. The highest BCUT2D eigenvalue weighted by atomic mass is 35.5. The Labute approximate surface area is 263 Å². The van der Waals surface area contributed by atoms with Gasteiger partial charge in [0.1, 0.15) is 5.75 Å². The fraction of sp³-hybridized carbons (Fsp3) is 0.406. The number of anilines is 1. The van der Waals surface area contributed by atoms with Crippen LogP contribution in [0.5, 0.6) is 11.5 Å². The van der Waals surface area contributed by atoms with Crippen molar-refractivity contribution in [1.29, 1.82) is 0 Å². The fourth-order valence-corrected chi connectivity index (χ4v) is 5.80. The van der Waals surface area contributed by atoms with Crippen LogP contribution >= 0.6 is 24.8 Å². The van der Waals surface area contributed by atoms with Crippen LogP contribution in [0, 0.1) is 24.4 Å². The maximum absolute atomic E-state index is 14.0. The number of nitrogens with zero attached hydrogens (tertiary/aromatic N) is 1. The topological polar surface area (TPSA) is 62.8 Å². The molecule has 2 aliphatic rings. The number of amides is 1. The molecular weight excluding hydrogens is 602 g/mol. The zero-order valence-electron chi connectivity index (χ0n) is 24.1. The minimum atomic E-state index is -1.26. The van der Waals surface area contributed by atoms with Gasteiger partial charge in [-0.1, -0.05) is 18.2 Å². The van der Waals surface area contributed by atoms with E-state index in [0.717, 1.165) is 56.7 Å². The number of carbonyl (C=O) groups is 1. The Morgan fingerprint density at radius 1 is 0.953 bits per heavy atom. The summed E-state index contributed by atoms with van der Waals surface area (Å²) in [4.78, 5) is 15.0. The molecule has 2 aliphatic heterocycles. The Morgan fingerprint density at radius 3 is 2.33 bits per heavy atom. The van der Waals surface area contributed by atoms with Gasteiger partial charge in [-0.2, -0.15) is 0 Å². The number of hydrogen-bond acceptors (Lipinski definition) is 5. The van der Waals surface area contributed by atoms with Crippen molar-refractivity contribution in [3.63, 3.8) is 0 Å². The van der Waals surface area contributed by atoms with Crippen molar-refractivity contribution >= 4 is 36.4 Å². The lowest BCUT2D eigenvalue weighted by atomic mass is 9.68. The molecule has 3 aromatic rings. The lowest BCUT2D eigenvalue weighted by Crippen LogP contribution is -2.42. The number of benzene rings is 3. The highest BCUT2D eigenvalue weighted by Gasteiger charge is 2.35. The molecule has 6 nitrogen and oxygen atoms in total. The summed E-state index contributed by atoms with van der Waals surface area (Å²) in [7, 11) is 0. The molecule has 0 spiro atoms. The van der Waals surface area contributed by atoms with Gasteiger partial charge in [-0.05, 0) is 80.2 Å². The van der Waals surface area contributed by atoms with E-state index in [0.29, 0.717) is 44.1 Å². The summed E-state index contributed by atoms with van der Waals surface area (Å²) in [6.45, 7) is 7.71. The maximum Gasteiger partial charge on any atom is 0.225 e. The van der Waals surface area contributed by atoms with Gasteiger partial charge in [0.25, 0.3) is 0 Å². The van der Waals surface area contributed by atoms with E-state index in [1.165, 1.54) is 11.1 Å². The third kappa shape index (κ3) is 8.86. The zero-order chi connectivity index (χ0) is 28.8.